The second-order valence-corrected chi connectivity index (χ2v) is 4.23. The van der Waals surface area contributed by atoms with Crippen LogP contribution in [-0.2, 0) is 4.74 Å². The Labute approximate surface area is 87.8 Å². The number of methoxy groups -OCH3 is 1. The van der Waals surface area contributed by atoms with Crippen LogP contribution in [0.3, 0.4) is 0 Å². The van der Waals surface area contributed by atoms with Crippen molar-refractivity contribution in [2.24, 2.45) is 0 Å². The highest BCUT2D eigenvalue weighted by Gasteiger charge is 2.27. The molecule has 1 aliphatic heterocycles. The Kier molecular flexibility index (Phi) is 4.85. The van der Waals surface area contributed by atoms with Gasteiger partial charge in [-0.3, -0.25) is 4.90 Å². The van der Waals surface area contributed by atoms with Crippen LogP contribution in [0.1, 0.15) is 27.2 Å². The molecular formula is C11H24N2O. The van der Waals surface area contributed by atoms with Crippen molar-refractivity contribution in [2.45, 2.75) is 45.4 Å². The topological polar surface area (TPSA) is 24.5 Å². The highest BCUT2D eigenvalue weighted by Crippen LogP contribution is 2.16. The molecule has 3 nitrogen and oxygen atoms in total. The van der Waals surface area contributed by atoms with Crippen molar-refractivity contribution in [3.63, 3.8) is 0 Å². The molecule has 3 unspecified atom stereocenters. The average molecular weight is 200 g/mol. The van der Waals surface area contributed by atoms with Gasteiger partial charge in [0.1, 0.15) is 0 Å². The van der Waals surface area contributed by atoms with E-state index in [1.165, 1.54) is 13.0 Å². The maximum atomic E-state index is 5.37. The lowest BCUT2D eigenvalue weighted by molar-refractivity contribution is 0.0987. The Hall–Kier alpha value is -0.120. The maximum Gasteiger partial charge on any atom is 0.0710 e. The molecule has 0 aliphatic carbocycles. The van der Waals surface area contributed by atoms with Gasteiger partial charge in [0.25, 0.3) is 0 Å². The lowest BCUT2D eigenvalue weighted by Crippen LogP contribution is -2.46. The van der Waals surface area contributed by atoms with Crippen LogP contribution >= 0.6 is 0 Å². The summed E-state index contributed by atoms with van der Waals surface area (Å²) in [6.45, 7) is 10.0. The van der Waals surface area contributed by atoms with E-state index in [2.05, 4.69) is 31.0 Å². The van der Waals surface area contributed by atoms with Gasteiger partial charge in [0.05, 0.1) is 6.10 Å². The van der Waals surface area contributed by atoms with Gasteiger partial charge in [0.15, 0.2) is 0 Å². The molecule has 0 aromatic rings. The van der Waals surface area contributed by atoms with Gasteiger partial charge < -0.3 is 10.1 Å². The van der Waals surface area contributed by atoms with E-state index in [9.17, 15) is 0 Å². The van der Waals surface area contributed by atoms with Gasteiger partial charge in [-0.2, -0.15) is 0 Å². The second kappa shape index (κ2) is 5.69. The summed E-state index contributed by atoms with van der Waals surface area (Å²) in [5.74, 6) is 0. The largest absolute Gasteiger partial charge is 0.380 e. The molecule has 3 atom stereocenters. The molecule has 1 rings (SSSR count). The number of nitrogens with one attached hydrogen (secondary N) is 1. The Bertz CT molecular complexity index is 163. The minimum absolute atomic E-state index is 0.450. The maximum absolute atomic E-state index is 5.37. The fourth-order valence-electron chi connectivity index (χ4n) is 2.12. The van der Waals surface area contributed by atoms with Gasteiger partial charge in [0, 0.05) is 32.3 Å². The van der Waals surface area contributed by atoms with Crippen molar-refractivity contribution in [2.75, 3.05) is 26.7 Å². The highest BCUT2D eigenvalue weighted by atomic mass is 16.5. The van der Waals surface area contributed by atoms with Crippen molar-refractivity contribution >= 4 is 0 Å². The fourth-order valence-corrected chi connectivity index (χ4v) is 2.12. The number of nitrogens with zero attached hydrogens (tertiary/aromatic N) is 1. The molecule has 1 N–H and O–H groups in total. The number of likely N-dealkylation sites (tertiary alicyclic amines) is 1. The van der Waals surface area contributed by atoms with E-state index in [1.807, 2.05) is 7.11 Å². The first-order chi connectivity index (χ1) is 6.69. The van der Waals surface area contributed by atoms with Crippen LogP contribution in [0.25, 0.3) is 0 Å². The minimum atomic E-state index is 0.450. The summed E-state index contributed by atoms with van der Waals surface area (Å²) in [5.41, 5.74) is 0. The zero-order valence-electron chi connectivity index (χ0n) is 9.92. The molecule has 0 bridgehead atoms. The molecule has 1 heterocycles. The van der Waals surface area contributed by atoms with E-state index in [1.54, 1.807) is 0 Å². The lowest BCUT2D eigenvalue weighted by Gasteiger charge is -2.29. The van der Waals surface area contributed by atoms with Crippen LogP contribution in [-0.4, -0.2) is 49.8 Å². The van der Waals surface area contributed by atoms with Crippen molar-refractivity contribution in [3.8, 4) is 0 Å². The van der Waals surface area contributed by atoms with Crippen LogP contribution in [0.4, 0.5) is 0 Å². The summed E-state index contributed by atoms with van der Waals surface area (Å²) in [7, 11) is 1.81. The van der Waals surface area contributed by atoms with E-state index in [0.29, 0.717) is 18.2 Å². The third-order valence-electron chi connectivity index (χ3n) is 3.34. The van der Waals surface area contributed by atoms with Gasteiger partial charge in [-0.05, 0) is 26.8 Å². The molecule has 0 radical (unpaired) electrons. The highest BCUT2D eigenvalue weighted by molar-refractivity contribution is 4.84. The predicted octanol–water partition coefficient (Wildman–Crippen LogP) is 1.09. The van der Waals surface area contributed by atoms with Gasteiger partial charge in [-0.15, -0.1) is 0 Å². The molecule has 84 valence electrons. The Balaban J connectivity index is 2.34. The van der Waals surface area contributed by atoms with Crippen molar-refractivity contribution in [1.29, 1.82) is 0 Å². The van der Waals surface area contributed by atoms with Crippen LogP contribution in [0, 0.1) is 0 Å². The lowest BCUT2D eigenvalue weighted by atomic mass is 10.1. The number of likely N-dealkylation sites (N-methyl/N-ethyl adjacent to an activating group) is 1. The van der Waals surface area contributed by atoms with Crippen molar-refractivity contribution in [3.05, 3.63) is 0 Å². The molecule has 3 heteroatoms. The van der Waals surface area contributed by atoms with E-state index >= 15 is 0 Å². The molecule has 0 amide bonds. The van der Waals surface area contributed by atoms with Crippen LogP contribution in [0.5, 0.6) is 0 Å². The fraction of sp³-hybridized carbons (Fsp3) is 1.00. The predicted molar refractivity (Wildman–Crippen MR) is 59.6 cm³/mol. The summed E-state index contributed by atoms with van der Waals surface area (Å²) in [6.07, 6.45) is 1.63. The average Bonchev–Trinajstić information content (AvgIpc) is 2.65. The zero-order valence-corrected chi connectivity index (χ0v) is 9.92. The first kappa shape index (κ1) is 12.0. The first-order valence-electron chi connectivity index (χ1n) is 5.69. The number of rotatable bonds is 5. The molecule has 0 saturated carbocycles. The summed E-state index contributed by atoms with van der Waals surface area (Å²) < 4.78 is 5.37. The molecular weight excluding hydrogens is 176 g/mol. The van der Waals surface area contributed by atoms with E-state index < -0.39 is 0 Å². The zero-order chi connectivity index (χ0) is 10.6. The van der Waals surface area contributed by atoms with Gasteiger partial charge in [-0.25, -0.2) is 0 Å². The number of hydrogen-bond donors (Lipinski definition) is 1. The number of ether oxygens (including phenoxy) is 1. The van der Waals surface area contributed by atoms with Gasteiger partial charge in [0.2, 0.25) is 0 Å². The Morgan fingerprint density at radius 1 is 1.50 bits per heavy atom. The SMILES string of the molecule is CCNC(C)C(C)N1CCC(OC)C1. The molecule has 1 saturated heterocycles. The third kappa shape index (κ3) is 2.94. The standard InChI is InChI=1S/C11H24N2O/c1-5-12-9(2)10(3)13-7-6-11(8-13)14-4/h9-12H,5-8H2,1-4H3. The first-order valence-corrected chi connectivity index (χ1v) is 5.69. The monoisotopic (exact) mass is 200 g/mol. The second-order valence-electron chi connectivity index (χ2n) is 4.23. The summed E-state index contributed by atoms with van der Waals surface area (Å²) in [6, 6.07) is 1.17. The van der Waals surface area contributed by atoms with Crippen LogP contribution in [0.15, 0.2) is 0 Å². The Morgan fingerprint density at radius 2 is 2.21 bits per heavy atom. The van der Waals surface area contributed by atoms with Crippen LogP contribution in [0.2, 0.25) is 0 Å². The van der Waals surface area contributed by atoms with Crippen molar-refractivity contribution in [1.82, 2.24) is 10.2 Å². The van der Waals surface area contributed by atoms with E-state index in [-0.39, 0.29) is 0 Å². The Morgan fingerprint density at radius 3 is 2.71 bits per heavy atom. The van der Waals surface area contributed by atoms with Gasteiger partial charge in [-0.1, -0.05) is 6.92 Å². The number of hydrogen-bond acceptors (Lipinski definition) is 3. The molecule has 0 aromatic heterocycles. The molecule has 1 fully saturated rings. The van der Waals surface area contributed by atoms with Crippen molar-refractivity contribution < 1.29 is 4.74 Å². The molecule has 0 aromatic carbocycles. The summed E-state index contributed by atoms with van der Waals surface area (Å²) >= 11 is 0. The minimum Gasteiger partial charge on any atom is -0.380 e. The van der Waals surface area contributed by atoms with Crippen LogP contribution < -0.4 is 5.32 Å². The smallest absolute Gasteiger partial charge is 0.0710 e. The van der Waals surface area contributed by atoms with E-state index in [4.69, 9.17) is 4.74 Å². The van der Waals surface area contributed by atoms with E-state index in [0.717, 1.165) is 13.1 Å². The summed E-state index contributed by atoms with van der Waals surface area (Å²) in [4.78, 5) is 2.52. The normalized spacial score (nSPS) is 27.9. The summed E-state index contributed by atoms with van der Waals surface area (Å²) in [5, 5.41) is 3.47. The quantitative estimate of drug-likeness (QED) is 0.719. The molecule has 0 spiro atoms. The third-order valence-corrected chi connectivity index (χ3v) is 3.34. The molecule has 1 aliphatic rings. The molecule has 14 heavy (non-hydrogen) atoms. The van der Waals surface area contributed by atoms with Gasteiger partial charge >= 0.3 is 0 Å².